The Bertz CT molecular complexity index is 375. The molecule has 0 spiro atoms. The van der Waals surface area contributed by atoms with Crippen LogP contribution in [0.3, 0.4) is 0 Å². The molecule has 1 aromatic rings. The van der Waals surface area contributed by atoms with E-state index in [4.69, 9.17) is 0 Å². The van der Waals surface area contributed by atoms with E-state index in [0.29, 0.717) is 5.41 Å². The number of hydrogen-bond donors (Lipinski definition) is 1. The summed E-state index contributed by atoms with van der Waals surface area (Å²) in [5, 5.41) is 10.6. The van der Waals surface area contributed by atoms with Crippen LogP contribution in [-0.4, -0.2) is 23.2 Å². The van der Waals surface area contributed by atoms with Crippen molar-refractivity contribution in [3.05, 3.63) is 11.1 Å². The fourth-order valence-corrected chi connectivity index (χ4v) is 3.65. The molecule has 1 N–H and O–H groups in total. The summed E-state index contributed by atoms with van der Waals surface area (Å²) in [6.45, 7) is 8.64. The van der Waals surface area contributed by atoms with E-state index in [9.17, 15) is 5.11 Å². The van der Waals surface area contributed by atoms with Gasteiger partial charge < -0.3 is 10.0 Å². The zero-order chi connectivity index (χ0) is 13.2. The topological polar surface area (TPSA) is 36.4 Å². The summed E-state index contributed by atoms with van der Waals surface area (Å²) in [4.78, 5) is 7.79. The van der Waals surface area contributed by atoms with Crippen molar-refractivity contribution in [2.75, 3.05) is 18.0 Å². The van der Waals surface area contributed by atoms with Gasteiger partial charge in [-0.2, -0.15) is 0 Å². The second kappa shape index (κ2) is 5.57. The predicted octanol–water partition coefficient (Wildman–Crippen LogP) is 3.60. The third-order valence-electron chi connectivity index (χ3n) is 4.52. The van der Waals surface area contributed by atoms with Gasteiger partial charge in [-0.05, 0) is 25.2 Å². The lowest BCUT2D eigenvalue weighted by atomic mass is 9.74. The highest BCUT2D eigenvalue weighted by atomic mass is 32.1. The van der Waals surface area contributed by atoms with Gasteiger partial charge in [-0.1, -0.05) is 38.0 Å². The molecule has 18 heavy (non-hydrogen) atoms. The summed E-state index contributed by atoms with van der Waals surface area (Å²) < 4.78 is 0. The largest absolute Gasteiger partial charge is 0.388 e. The van der Waals surface area contributed by atoms with Crippen molar-refractivity contribution in [3.63, 3.8) is 0 Å². The van der Waals surface area contributed by atoms with Crippen LogP contribution in [0.1, 0.15) is 57.4 Å². The fraction of sp³-hybridized carbons (Fsp3) is 0.786. The lowest BCUT2D eigenvalue weighted by Crippen LogP contribution is -2.39. The Morgan fingerprint density at radius 2 is 2.00 bits per heavy atom. The number of rotatable bonds is 4. The third-order valence-corrected chi connectivity index (χ3v) is 5.75. The first-order valence-corrected chi connectivity index (χ1v) is 7.80. The van der Waals surface area contributed by atoms with Crippen molar-refractivity contribution in [2.45, 2.75) is 52.6 Å². The number of aliphatic hydroxyl groups excluding tert-OH is 1. The molecule has 0 radical (unpaired) electrons. The number of thiazole rings is 1. The fourth-order valence-electron chi connectivity index (χ4n) is 2.75. The van der Waals surface area contributed by atoms with Crippen LogP contribution in [0.4, 0.5) is 5.13 Å². The van der Waals surface area contributed by atoms with Crippen LogP contribution < -0.4 is 4.90 Å². The first-order valence-electron chi connectivity index (χ1n) is 6.99. The van der Waals surface area contributed by atoms with Crippen molar-refractivity contribution >= 4 is 16.5 Å². The molecule has 0 amide bonds. The summed E-state index contributed by atoms with van der Waals surface area (Å²) in [6.07, 6.45) is 6.52. The van der Waals surface area contributed by atoms with Crippen LogP contribution >= 0.6 is 11.3 Å². The number of aliphatic hydroxyl groups is 1. The third kappa shape index (κ3) is 2.69. The van der Waals surface area contributed by atoms with Crippen LogP contribution in [0.2, 0.25) is 0 Å². The van der Waals surface area contributed by atoms with Crippen LogP contribution in [0.5, 0.6) is 0 Å². The molecule has 0 aromatic carbocycles. The van der Waals surface area contributed by atoms with E-state index < -0.39 is 6.10 Å². The quantitative estimate of drug-likeness (QED) is 0.906. The number of aromatic nitrogens is 1. The molecule has 2 rings (SSSR count). The highest BCUT2D eigenvalue weighted by Crippen LogP contribution is 2.40. The van der Waals surface area contributed by atoms with E-state index in [1.54, 1.807) is 18.3 Å². The van der Waals surface area contributed by atoms with Gasteiger partial charge in [0.15, 0.2) is 5.13 Å². The standard InChI is InChI=1S/C14H24N2OS/c1-4-14(5-2)6-8-16(9-7-14)13-15-10-12(18-13)11(3)17/h10-11,17H,4-9H2,1-3H3. The van der Waals surface area contributed by atoms with Crippen molar-refractivity contribution < 1.29 is 5.11 Å². The normalized spacial score (nSPS) is 21.0. The molecule has 1 fully saturated rings. The van der Waals surface area contributed by atoms with Crippen molar-refractivity contribution in [3.8, 4) is 0 Å². The molecule has 2 heterocycles. The van der Waals surface area contributed by atoms with Gasteiger partial charge in [-0.3, -0.25) is 0 Å². The highest BCUT2D eigenvalue weighted by molar-refractivity contribution is 7.15. The van der Waals surface area contributed by atoms with Gasteiger partial charge in [0.05, 0.1) is 11.0 Å². The van der Waals surface area contributed by atoms with E-state index >= 15 is 0 Å². The first kappa shape index (κ1) is 13.8. The van der Waals surface area contributed by atoms with E-state index in [0.717, 1.165) is 23.1 Å². The summed E-state index contributed by atoms with van der Waals surface area (Å²) in [7, 11) is 0. The number of nitrogens with zero attached hydrogens (tertiary/aromatic N) is 2. The molecule has 0 saturated carbocycles. The summed E-state index contributed by atoms with van der Waals surface area (Å²) in [5.74, 6) is 0. The number of hydrogen-bond acceptors (Lipinski definition) is 4. The second-order valence-corrected chi connectivity index (χ2v) is 6.46. The van der Waals surface area contributed by atoms with Gasteiger partial charge >= 0.3 is 0 Å². The minimum Gasteiger partial charge on any atom is -0.388 e. The Balaban J connectivity index is 2.00. The Hall–Kier alpha value is -0.610. The summed E-state index contributed by atoms with van der Waals surface area (Å²) in [6, 6.07) is 0. The lowest BCUT2D eigenvalue weighted by Gasteiger charge is -2.40. The molecule has 1 saturated heterocycles. The molecule has 1 aromatic heterocycles. The minimum absolute atomic E-state index is 0.397. The Morgan fingerprint density at radius 3 is 2.44 bits per heavy atom. The monoisotopic (exact) mass is 268 g/mol. The second-order valence-electron chi connectivity index (χ2n) is 5.42. The van der Waals surface area contributed by atoms with E-state index in [-0.39, 0.29) is 0 Å². The van der Waals surface area contributed by atoms with Gasteiger partial charge in [0.2, 0.25) is 0 Å². The molecule has 1 aliphatic rings. The zero-order valence-electron chi connectivity index (χ0n) is 11.6. The molecule has 1 atom stereocenters. The highest BCUT2D eigenvalue weighted by Gasteiger charge is 2.32. The van der Waals surface area contributed by atoms with Gasteiger partial charge in [0.25, 0.3) is 0 Å². The van der Waals surface area contributed by atoms with Gasteiger partial charge in [-0.25, -0.2) is 4.98 Å². The van der Waals surface area contributed by atoms with Crippen LogP contribution in [0.25, 0.3) is 0 Å². The van der Waals surface area contributed by atoms with Crippen LogP contribution in [0, 0.1) is 5.41 Å². The average Bonchev–Trinajstić information content (AvgIpc) is 2.88. The van der Waals surface area contributed by atoms with Crippen LogP contribution in [0.15, 0.2) is 6.20 Å². The maximum absolute atomic E-state index is 9.55. The van der Waals surface area contributed by atoms with Crippen LogP contribution in [-0.2, 0) is 0 Å². The Kier molecular flexibility index (Phi) is 4.28. The van der Waals surface area contributed by atoms with E-state index in [1.165, 1.54) is 25.7 Å². The maximum Gasteiger partial charge on any atom is 0.185 e. The van der Waals surface area contributed by atoms with Crippen molar-refractivity contribution in [1.29, 1.82) is 0 Å². The molecular weight excluding hydrogens is 244 g/mol. The number of piperidine rings is 1. The molecule has 0 aliphatic carbocycles. The maximum atomic E-state index is 9.55. The Labute approximate surface area is 114 Å². The van der Waals surface area contributed by atoms with Gasteiger partial charge in [0, 0.05) is 19.3 Å². The SMILES string of the molecule is CCC1(CC)CCN(c2ncc(C(C)O)s2)CC1. The minimum atomic E-state index is -0.397. The van der Waals surface area contributed by atoms with Crippen molar-refractivity contribution in [2.24, 2.45) is 5.41 Å². The van der Waals surface area contributed by atoms with E-state index in [1.807, 2.05) is 6.20 Å². The first-order chi connectivity index (χ1) is 8.60. The zero-order valence-corrected chi connectivity index (χ0v) is 12.5. The van der Waals surface area contributed by atoms with Crippen molar-refractivity contribution in [1.82, 2.24) is 4.98 Å². The smallest absolute Gasteiger partial charge is 0.185 e. The summed E-state index contributed by atoms with van der Waals surface area (Å²) in [5.41, 5.74) is 0.556. The Morgan fingerprint density at radius 1 is 1.39 bits per heavy atom. The molecule has 1 aliphatic heterocycles. The lowest BCUT2D eigenvalue weighted by molar-refractivity contribution is 0.199. The van der Waals surface area contributed by atoms with Gasteiger partial charge in [-0.15, -0.1) is 0 Å². The molecule has 3 nitrogen and oxygen atoms in total. The number of anilines is 1. The predicted molar refractivity (Wildman–Crippen MR) is 77.2 cm³/mol. The molecule has 102 valence electrons. The molecule has 4 heteroatoms. The van der Waals surface area contributed by atoms with Gasteiger partial charge in [0.1, 0.15) is 0 Å². The average molecular weight is 268 g/mol. The van der Waals surface area contributed by atoms with E-state index in [2.05, 4.69) is 23.7 Å². The summed E-state index contributed by atoms with van der Waals surface area (Å²) >= 11 is 1.63. The molecule has 1 unspecified atom stereocenters. The molecular formula is C14H24N2OS. The molecule has 0 bridgehead atoms.